The molecule has 0 spiro atoms. The number of hydrogen-bond donors (Lipinski definition) is 0. The van der Waals surface area contributed by atoms with Crippen molar-refractivity contribution in [3.8, 4) is 11.4 Å². The summed E-state index contributed by atoms with van der Waals surface area (Å²) in [7, 11) is -1.24. The molecule has 3 rings (SSSR count). The lowest BCUT2D eigenvalue weighted by molar-refractivity contribution is 0.314. The summed E-state index contributed by atoms with van der Waals surface area (Å²) in [4.78, 5) is 13.3. The van der Waals surface area contributed by atoms with Gasteiger partial charge in [0.25, 0.3) is 0 Å². The molecule has 23 heavy (non-hydrogen) atoms. The van der Waals surface area contributed by atoms with Crippen LogP contribution in [0.2, 0.25) is 0 Å². The fourth-order valence-corrected chi connectivity index (χ4v) is 3.95. The number of rotatable bonds is 3. The molecule has 1 aliphatic heterocycles. The zero-order valence-electron chi connectivity index (χ0n) is 13.6. The number of sulfonamides is 1. The second-order valence-corrected chi connectivity index (χ2v) is 7.98. The van der Waals surface area contributed by atoms with Crippen LogP contribution in [0.15, 0.2) is 18.6 Å². The molecule has 1 saturated heterocycles. The maximum Gasteiger partial charge on any atom is 0.211 e. The number of nitrogens with zero attached hydrogens (tertiary/aromatic N) is 5. The summed E-state index contributed by atoms with van der Waals surface area (Å²) in [5.74, 6) is 0.954. The van der Waals surface area contributed by atoms with E-state index in [0.717, 1.165) is 35.7 Å². The van der Waals surface area contributed by atoms with Crippen LogP contribution in [0.1, 0.15) is 30.3 Å². The highest BCUT2D eigenvalue weighted by Gasteiger charge is 2.30. The Hall–Kier alpha value is -1.80. The third-order valence-corrected chi connectivity index (χ3v) is 5.70. The minimum Gasteiger partial charge on any atom is -0.330 e. The summed E-state index contributed by atoms with van der Waals surface area (Å²) in [6.45, 7) is 2.97. The van der Waals surface area contributed by atoms with Crippen molar-refractivity contribution in [2.45, 2.75) is 25.7 Å². The van der Waals surface area contributed by atoms with E-state index in [4.69, 9.17) is 0 Å². The van der Waals surface area contributed by atoms with E-state index in [1.165, 1.54) is 10.6 Å². The van der Waals surface area contributed by atoms with Crippen molar-refractivity contribution in [2.24, 2.45) is 7.05 Å². The van der Waals surface area contributed by atoms with Crippen LogP contribution in [-0.4, -0.2) is 51.6 Å². The summed E-state index contributed by atoms with van der Waals surface area (Å²) in [5, 5.41) is 0. The lowest BCUT2D eigenvalue weighted by Gasteiger charge is -2.31. The molecule has 0 saturated carbocycles. The molecule has 7 nitrogen and oxygen atoms in total. The van der Waals surface area contributed by atoms with Gasteiger partial charge in [0, 0.05) is 38.4 Å². The molecule has 0 bridgehead atoms. The van der Waals surface area contributed by atoms with E-state index >= 15 is 0 Å². The molecule has 1 atom stereocenters. The van der Waals surface area contributed by atoms with Gasteiger partial charge < -0.3 is 4.57 Å². The monoisotopic (exact) mass is 335 g/mol. The molecule has 0 radical (unpaired) electrons. The van der Waals surface area contributed by atoms with Gasteiger partial charge in [-0.3, -0.25) is 9.97 Å². The predicted octanol–water partition coefficient (Wildman–Crippen LogP) is 1.32. The molecule has 2 aromatic rings. The van der Waals surface area contributed by atoms with Gasteiger partial charge in [0.2, 0.25) is 10.0 Å². The maximum atomic E-state index is 11.9. The van der Waals surface area contributed by atoms with Gasteiger partial charge in [-0.15, -0.1) is 0 Å². The van der Waals surface area contributed by atoms with Gasteiger partial charge >= 0.3 is 0 Å². The van der Waals surface area contributed by atoms with Crippen LogP contribution in [0.3, 0.4) is 0 Å². The first-order valence-corrected chi connectivity index (χ1v) is 9.47. The zero-order valence-corrected chi connectivity index (χ0v) is 14.4. The fourth-order valence-electron chi connectivity index (χ4n) is 3.03. The normalized spacial score (nSPS) is 19.9. The minimum absolute atomic E-state index is 0.0531. The number of aryl methyl sites for hydroxylation is 1. The highest BCUT2D eigenvalue weighted by molar-refractivity contribution is 7.88. The Morgan fingerprint density at radius 3 is 2.61 bits per heavy atom. The second kappa shape index (κ2) is 6.01. The van der Waals surface area contributed by atoms with E-state index in [1.807, 2.05) is 18.5 Å². The van der Waals surface area contributed by atoms with Crippen LogP contribution in [0, 0.1) is 6.92 Å². The Labute approximate surface area is 136 Å². The van der Waals surface area contributed by atoms with E-state index in [-0.39, 0.29) is 5.92 Å². The first kappa shape index (κ1) is 16.1. The Kier molecular flexibility index (Phi) is 4.20. The third kappa shape index (κ3) is 3.13. The van der Waals surface area contributed by atoms with Crippen molar-refractivity contribution in [2.75, 3.05) is 19.3 Å². The van der Waals surface area contributed by atoms with Crippen LogP contribution >= 0.6 is 0 Å². The Bertz CT molecular complexity index is 815. The topological polar surface area (TPSA) is 81.0 Å². The molecule has 0 aromatic carbocycles. The Morgan fingerprint density at radius 2 is 1.96 bits per heavy atom. The molecular formula is C15H21N5O2S. The summed E-state index contributed by atoms with van der Waals surface area (Å²) >= 11 is 0. The van der Waals surface area contributed by atoms with Gasteiger partial charge in [0.15, 0.2) is 0 Å². The molecule has 8 heteroatoms. The first-order chi connectivity index (χ1) is 10.9. The lowest BCUT2D eigenvalue weighted by Crippen LogP contribution is -2.38. The molecule has 3 heterocycles. The number of aromatic nitrogens is 4. The number of hydrogen-bond acceptors (Lipinski definition) is 5. The lowest BCUT2D eigenvalue weighted by atomic mass is 9.93. The quantitative estimate of drug-likeness (QED) is 0.845. The van der Waals surface area contributed by atoms with Crippen LogP contribution in [0.5, 0.6) is 0 Å². The van der Waals surface area contributed by atoms with E-state index in [2.05, 4.69) is 15.0 Å². The summed E-state index contributed by atoms with van der Waals surface area (Å²) < 4.78 is 27.2. The van der Waals surface area contributed by atoms with Crippen LogP contribution in [-0.2, 0) is 17.1 Å². The fraction of sp³-hybridized carbons (Fsp3) is 0.533. The largest absolute Gasteiger partial charge is 0.330 e. The van der Waals surface area contributed by atoms with E-state index in [9.17, 15) is 8.42 Å². The molecule has 0 N–H and O–H groups in total. The Balaban J connectivity index is 1.99. The number of piperidine rings is 1. The van der Waals surface area contributed by atoms with Crippen molar-refractivity contribution in [1.82, 2.24) is 23.8 Å². The Morgan fingerprint density at radius 1 is 1.22 bits per heavy atom. The molecule has 1 unspecified atom stereocenters. The zero-order chi connectivity index (χ0) is 16.6. The molecule has 124 valence electrons. The second-order valence-electron chi connectivity index (χ2n) is 6.00. The van der Waals surface area contributed by atoms with Crippen LogP contribution < -0.4 is 0 Å². The molecule has 1 aliphatic rings. The minimum atomic E-state index is -3.18. The third-order valence-electron chi connectivity index (χ3n) is 4.43. The standard InChI is InChI=1S/C15H21N5O2S/c1-11-18-9-13(19(11)2)15-14(16-6-7-17-15)12-5-4-8-20(10-12)23(3,21)22/h6-7,9,12H,4-5,8,10H2,1-3H3. The van der Waals surface area contributed by atoms with E-state index in [1.54, 1.807) is 18.6 Å². The van der Waals surface area contributed by atoms with Gasteiger partial charge in [0.05, 0.1) is 23.8 Å². The van der Waals surface area contributed by atoms with Crippen molar-refractivity contribution < 1.29 is 8.42 Å². The van der Waals surface area contributed by atoms with Crippen LogP contribution in [0.25, 0.3) is 11.4 Å². The van der Waals surface area contributed by atoms with Crippen molar-refractivity contribution in [1.29, 1.82) is 0 Å². The van der Waals surface area contributed by atoms with E-state index in [0.29, 0.717) is 13.1 Å². The number of imidazole rings is 1. The average Bonchev–Trinajstić information content (AvgIpc) is 2.86. The molecule has 1 fully saturated rings. The van der Waals surface area contributed by atoms with E-state index < -0.39 is 10.0 Å². The molecule has 2 aromatic heterocycles. The van der Waals surface area contributed by atoms with Crippen molar-refractivity contribution in [3.63, 3.8) is 0 Å². The molecule has 0 aliphatic carbocycles. The van der Waals surface area contributed by atoms with Gasteiger partial charge in [-0.2, -0.15) is 0 Å². The van der Waals surface area contributed by atoms with Gasteiger partial charge in [0.1, 0.15) is 11.5 Å². The van der Waals surface area contributed by atoms with Crippen molar-refractivity contribution in [3.05, 3.63) is 30.1 Å². The van der Waals surface area contributed by atoms with Crippen molar-refractivity contribution >= 4 is 10.0 Å². The first-order valence-electron chi connectivity index (χ1n) is 7.62. The summed E-state index contributed by atoms with van der Waals surface area (Å²) in [6.07, 6.45) is 8.13. The smallest absolute Gasteiger partial charge is 0.211 e. The van der Waals surface area contributed by atoms with Crippen LogP contribution in [0.4, 0.5) is 0 Å². The maximum absolute atomic E-state index is 11.9. The SMILES string of the molecule is Cc1ncc(-c2nccnc2C2CCCN(S(C)(=O)=O)C2)n1C. The predicted molar refractivity (Wildman–Crippen MR) is 87.4 cm³/mol. The molecule has 0 amide bonds. The molecular weight excluding hydrogens is 314 g/mol. The average molecular weight is 335 g/mol. The van der Waals surface area contributed by atoms with Gasteiger partial charge in [-0.25, -0.2) is 17.7 Å². The highest BCUT2D eigenvalue weighted by Crippen LogP contribution is 2.32. The van der Waals surface area contributed by atoms with Gasteiger partial charge in [-0.1, -0.05) is 0 Å². The van der Waals surface area contributed by atoms with Gasteiger partial charge in [-0.05, 0) is 19.8 Å². The highest BCUT2D eigenvalue weighted by atomic mass is 32.2. The summed E-state index contributed by atoms with van der Waals surface area (Å²) in [6, 6.07) is 0. The summed E-state index contributed by atoms with van der Waals surface area (Å²) in [5.41, 5.74) is 2.54.